The number of imidazole rings is 1. The molecule has 0 fully saturated rings. The molecular formula is C15H11F3N2O. The fourth-order valence-electron chi connectivity index (χ4n) is 2.24. The van der Waals surface area contributed by atoms with Crippen LogP contribution in [0.25, 0.3) is 16.8 Å². The van der Waals surface area contributed by atoms with E-state index in [2.05, 4.69) is 4.98 Å². The predicted molar refractivity (Wildman–Crippen MR) is 71.6 cm³/mol. The van der Waals surface area contributed by atoms with Crippen molar-refractivity contribution in [2.24, 2.45) is 0 Å². The van der Waals surface area contributed by atoms with Gasteiger partial charge < -0.3 is 9.51 Å². The third-order valence-corrected chi connectivity index (χ3v) is 3.25. The highest BCUT2D eigenvalue weighted by atomic mass is 19.4. The Kier molecular flexibility index (Phi) is 3.17. The van der Waals surface area contributed by atoms with E-state index in [1.165, 1.54) is 12.1 Å². The molecule has 1 N–H and O–H groups in total. The number of aromatic nitrogens is 2. The van der Waals surface area contributed by atoms with Crippen molar-refractivity contribution >= 4 is 5.52 Å². The number of alkyl halides is 3. The van der Waals surface area contributed by atoms with Gasteiger partial charge >= 0.3 is 6.18 Å². The molecule has 0 amide bonds. The van der Waals surface area contributed by atoms with Gasteiger partial charge in [0.25, 0.3) is 0 Å². The van der Waals surface area contributed by atoms with Crippen LogP contribution in [0, 0.1) is 0 Å². The lowest BCUT2D eigenvalue weighted by Gasteiger charge is -2.06. The monoisotopic (exact) mass is 292 g/mol. The molecule has 3 rings (SSSR count). The molecule has 1 aromatic carbocycles. The van der Waals surface area contributed by atoms with Crippen LogP contribution in [0.15, 0.2) is 48.7 Å². The lowest BCUT2D eigenvalue weighted by molar-refractivity contribution is -0.137. The van der Waals surface area contributed by atoms with Gasteiger partial charge in [-0.05, 0) is 24.3 Å². The number of pyridine rings is 1. The summed E-state index contributed by atoms with van der Waals surface area (Å²) in [5, 5.41) is 9.31. The topological polar surface area (TPSA) is 37.5 Å². The fourth-order valence-corrected chi connectivity index (χ4v) is 2.24. The number of aliphatic hydroxyl groups is 1. The number of hydrogen-bond donors (Lipinski definition) is 1. The smallest absolute Gasteiger partial charge is 0.388 e. The summed E-state index contributed by atoms with van der Waals surface area (Å²) >= 11 is 0. The molecule has 0 aliphatic heterocycles. The van der Waals surface area contributed by atoms with Gasteiger partial charge in [-0.15, -0.1) is 0 Å². The average molecular weight is 292 g/mol. The first-order valence-corrected chi connectivity index (χ1v) is 6.25. The van der Waals surface area contributed by atoms with E-state index < -0.39 is 11.7 Å². The van der Waals surface area contributed by atoms with Crippen LogP contribution < -0.4 is 0 Å². The molecule has 0 saturated heterocycles. The van der Waals surface area contributed by atoms with Crippen molar-refractivity contribution < 1.29 is 18.3 Å². The summed E-state index contributed by atoms with van der Waals surface area (Å²) in [5.74, 6) is 0.445. The van der Waals surface area contributed by atoms with Crippen LogP contribution in [-0.4, -0.2) is 14.5 Å². The Hall–Kier alpha value is -2.34. The van der Waals surface area contributed by atoms with Gasteiger partial charge in [0.15, 0.2) is 0 Å². The highest BCUT2D eigenvalue weighted by molar-refractivity contribution is 5.77. The fraction of sp³-hybridized carbons (Fsp3) is 0.133. The second-order valence-corrected chi connectivity index (χ2v) is 4.57. The van der Waals surface area contributed by atoms with E-state index in [0.717, 1.165) is 17.6 Å². The molecule has 3 nitrogen and oxygen atoms in total. The number of benzene rings is 1. The molecule has 0 radical (unpaired) electrons. The average Bonchev–Trinajstić information content (AvgIpc) is 2.85. The first kappa shape index (κ1) is 13.6. The number of aliphatic hydroxyl groups excluding tert-OH is 1. The molecule has 108 valence electrons. The Morgan fingerprint density at radius 1 is 1.05 bits per heavy atom. The van der Waals surface area contributed by atoms with Crippen molar-refractivity contribution in [3.05, 3.63) is 60.0 Å². The van der Waals surface area contributed by atoms with Crippen LogP contribution in [0.5, 0.6) is 0 Å². The van der Waals surface area contributed by atoms with Gasteiger partial charge in [-0.2, -0.15) is 13.2 Å². The van der Waals surface area contributed by atoms with Gasteiger partial charge in [0, 0.05) is 11.8 Å². The zero-order chi connectivity index (χ0) is 15.0. The van der Waals surface area contributed by atoms with Crippen molar-refractivity contribution in [3.8, 4) is 11.3 Å². The van der Waals surface area contributed by atoms with Crippen molar-refractivity contribution in [2.75, 3.05) is 0 Å². The Labute approximate surface area is 118 Å². The minimum Gasteiger partial charge on any atom is -0.388 e. The molecule has 6 heteroatoms. The van der Waals surface area contributed by atoms with Gasteiger partial charge in [0.05, 0.1) is 16.8 Å². The molecule has 2 aromatic heterocycles. The molecule has 0 atom stereocenters. The molecule has 0 bridgehead atoms. The first-order valence-electron chi connectivity index (χ1n) is 6.25. The van der Waals surface area contributed by atoms with Crippen LogP contribution in [0.3, 0.4) is 0 Å². The largest absolute Gasteiger partial charge is 0.416 e. The molecule has 21 heavy (non-hydrogen) atoms. The number of fused-ring (bicyclic) bond motifs is 1. The van der Waals surface area contributed by atoms with E-state index in [0.29, 0.717) is 17.1 Å². The lowest BCUT2D eigenvalue weighted by atomic mass is 10.1. The summed E-state index contributed by atoms with van der Waals surface area (Å²) in [5.41, 5.74) is 1.17. The van der Waals surface area contributed by atoms with E-state index >= 15 is 0 Å². The highest BCUT2D eigenvalue weighted by Gasteiger charge is 2.30. The Morgan fingerprint density at radius 2 is 1.76 bits per heavy atom. The van der Waals surface area contributed by atoms with E-state index in [4.69, 9.17) is 0 Å². The molecule has 0 aliphatic carbocycles. The van der Waals surface area contributed by atoms with Gasteiger partial charge in [0.2, 0.25) is 0 Å². The zero-order valence-electron chi connectivity index (χ0n) is 10.8. The second kappa shape index (κ2) is 4.89. The Bertz CT molecular complexity index is 776. The van der Waals surface area contributed by atoms with Crippen molar-refractivity contribution in [2.45, 2.75) is 12.8 Å². The van der Waals surface area contributed by atoms with Crippen molar-refractivity contribution in [1.29, 1.82) is 0 Å². The summed E-state index contributed by atoms with van der Waals surface area (Å²) in [6, 6.07) is 10.2. The van der Waals surface area contributed by atoms with Crippen LogP contribution in [-0.2, 0) is 12.8 Å². The zero-order valence-corrected chi connectivity index (χ0v) is 10.8. The SMILES string of the molecule is OCc1nc(-c2ccc(C(F)(F)F)cc2)c2ccccn12. The summed E-state index contributed by atoms with van der Waals surface area (Å²) in [7, 11) is 0. The Morgan fingerprint density at radius 3 is 2.38 bits per heavy atom. The maximum atomic E-state index is 12.6. The Balaban J connectivity index is 2.12. The summed E-state index contributed by atoms with van der Waals surface area (Å²) in [6.07, 6.45) is -2.60. The predicted octanol–water partition coefficient (Wildman–Crippen LogP) is 3.51. The van der Waals surface area contributed by atoms with Gasteiger partial charge in [-0.1, -0.05) is 18.2 Å². The molecule has 0 aliphatic rings. The van der Waals surface area contributed by atoms with E-state index in [-0.39, 0.29) is 6.61 Å². The van der Waals surface area contributed by atoms with Gasteiger partial charge in [0.1, 0.15) is 12.4 Å². The first-order chi connectivity index (χ1) is 10.0. The summed E-state index contributed by atoms with van der Waals surface area (Å²) < 4.78 is 39.5. The lowest BCUT2D eigenvalue weighted by Crippen LogP contribution is -2.04. The minimum absolute atomic E-state index is 0.244. The van der Waals surface area contributed by atoms with Crippen LogP contribution >= 0.6 is 0 Å². The standard InChI is InChI=1S/C15H11F3N2O/c16-15(17,18)11-6-4-10(5-7-11)14-12-3-1-2-8-20(12)13(9-21)19-14/h1-8,21H,9H2. The normalized spacial score (nSPS) is 12.0. The molecule has 0 spiro atoms. The third-order valence-electron chi connectivity index (χ3n) is 3.25. The third kappa shape index (κ3) is 2.38. The van der Waals surface area contributed by atoms with E-state index in [9.17, 15) is 18.3 Å². The van der Waals surface area contributed by atoms with Crippen LogP contribution in [0.1, 0.15) is 11.4 Å². The molecular weight excluding hydrogens is 281 g/mol. The summed E-state index contributed by atoms with van der Waals surface area (Å²) in [4.78, 5) is 4.30. The van der Waals surface area contributed by atoms with E-state index in [1.54, 1.807) is 22.7 Å². The number of nitrogens with zero attached hydrogens (tertiary/aromatic N) is 2. The van der Waals surface area contributed by atoms with E-state index in [1.807, 2.05) is 6.07 Å². The van der Waals surface area contributed by atoms with Gasteiger partial charge in [-0.25, -0.2) is 4.98 Å². The van der Waals surface area contributed by atoms with Gasteiger partial charge in [-0.3, -0.25) is 0 Å². The second-order valence-electron chi connectivity index (χ2n) is 4.57. The summed E-state index contributed by atoms with van der Waals surface area (Å²) in [6.45, 7) is -0.244. The number of halogens is 3. The quantitative estimate of drug-likeness (QED) is 0.785. The molecule has 2 heterocycles. The minimum atomic E-state index is -4.36. The molecule has 0 unspecified atom stereocenters. The molecule has 3 aromatic rings. The maximum Gasteiger partial charge on any atom is 0.416 e. The highest BCUT2D eigenvalue weighted by Crippen LogP contribution is 2.32. The van der Waals surface area contributed by atoms with Crippen molar-refractivity contribution in [1.82, 2.24) is 9.38 Å². The maximum absolute atomic E-state index is 12.6. The number of rotatable bonds is 2. The van der Waals surface area contributed by atoms with Crippen LogP contribution in [0.4, 0.5) is 13.2 Å². The molecule has 0 saturated carbocycles. The van der Waals surface area contributed by atoms with Crippen molar-refractivity contribution in [3.63, 3.8) is 0 Å². The van der Waals surface area contributed by atoms with Crippen LogP contribution in [0.2, 0.25) is 0 Å². The number of hydrogen-bond acceptors (Lipinski definition) is 2.